The van der Waals surface area contributed by atoms with E-state index >= 15 is 0 Å². The molecular weight excluding hydrogens is 459 g/mol. The molecule has 0 amide bonds. The molecule has 35 heavy (non-hydrogen) atoms. The van der Waals surface area contributed by atoms with Gasteiger partial charge in [0.15, 0.2) is 0 Å². The minimum absolute atomic E-state index is 0.103. The molecule has 212 valence electrons. The van der Waals surface area contributed by atoms with Crippen molar-refractivity contribution in [3.63, 3.8) is 0 Å². The zero-order chi connectivity index (χ0) is 27.2. The van der Waals surface area contributed by atoms with Crippen LogP contribution in [0.15, 0.2) is 0 Å². The molecule has 0 aromatic rings. The molecule has 8 N–H and O–H groups in total. The molecule has 0 radical (unpaired) electrons. The van der Waals surface area contributed by atoms with Gasteiger partial charge < -0.3 is 45.3 Å². The van der Waals surface area contributed by atoms with Crippen molar-refractivity contribution in [3.8, 4) is 0 Å². The van der Waals surface area contributed by atoms with Gasteiger partial charge in [-0.25, -0.2) is 0 Å². The molecular formula is C24H53BO10. The number of hydrogen-bond acceptors (Lipinski definition) is 10. The summed E-state index contributed by atoms with van der Waals surface area (Å²) in [5.74, 6) is -0.276. The lowest BCUT2D eigenvalue weighted by Gasteiger charge is -2.08. The van der Waals surface area contributed by atoms with Crippen molar-refractivity contribution in [3.05, 3.63) is 0 Å². The van der Waals surface area contributed by atoms with Gasteiger partial charge in [0.05, 0.1) is 19.8 Å². The monoisotopic (exact) mass is 512 g/mol. The van der Waals surface area contributed by atoms with E-state index in [4.69, 9.17) is 45.3 Å². The lowest BCUT2D eigenvalue weighted by Crippen LogP contribution is -2.21. The van der Waals surface area contributed by atoms with E-state index in [1.54, 1.807) is 0 Å². The average molecular weight is 512 g/mol. The smallest absolute Gasteiger partial charge is 0.463 e. The Kier molecular flexibility index (Phi) is 36.8. The second kappa shape index (κ2) is 33.2. The van der Waals surface area contributed by atoms with Crippen LogP contribution >= 0.6 is 0 Å². The van der Waals surface area contributed by atoms with Crippen molar-refractivity contribution in [1.29, 1.82) is 0 Å². The minimum Gasteiger partial charge on any atom is -0.463 e. The maximum Gasteiger partial charge on any atom is 0.631 e. The Morgan fingerprint density at radius 3 is 1.23 bits per heavy atom. The minimum atomic E-state index is -2.17. The number of aliphatic hydroxyl groups excluding tert-OH is 5. The molecule has 1 unspecified atom stereocenters. The molecule has 11 heteroatoms. The first-order valence-electron chi connectivity index (χ1n) is 13.1. The molecule has 0 spiro atoms. The molecule has 0 aromatic carbocycles. The average Bonchev–Trinajstić information content (AvgIpc) is 2.84. The van der Waals surface area contributed by atoms with Crippen LogP contribution in [0.5, 0.6) is 0 Å². The Hall–Kier alpha value is -0.785. The van der Waals surface area contributed by atoms with Crippen LogP contribution in [0.3, 0.4) is 0 Å². The molecule has 0 aromatic heterocycles. The molecule has 0 saturated heterocycles. The number of unbranched alkanes of at least 4 members (excludes halogenated alkanes) is 14. The van der Waals surface area contributed by atoms with E-state index < -0.39 is 19.5 Å². The largest absolute Gasteiger partial charge is 0.631 e. The lowest BCUT2D eigenvalue weighted by atomic mass is 10.0. The second-order valence-electron chi connectivity index (χ2n) is 8.58. The first-order valence-corrected chi connectivity index (χ1v) is 13.1. The van der Waals surface area contributed by atoms with Crippen LogP contribution in [0, 0.1) is 0 Å². The summed E-state index contributed by atoms with van der Waals surface area (Å²) < 4.78 is 4.86. The number of aliphatic hydroxyl groups is 5. The van der Waals surface area contributed by atoms with E-state index in [1.807, 2.05) is 0 Å². The number of hydrogen-bond donors (Lipinski definition) is 8. The molecule has 0 saturated carbocycles. The number of rotatable bonds is 21. The molecule has 0 heterocycles. The Bertz CT molecular complexity index is 396. The van der Waals surface area contributed by atoms with E-state index in [0.29, 0.717) is 6.42 Å². The van der Waals surface area contributed by atoms with Crippen molar-refractivity contribution in [2.24, 2.45) is 0 Å². The fraction of sp³-hybridized carbons (Fsp3) is 0.958. The van der Waals surface area contributed by atoms with Crippen LogP contribution < -0.4 is 0 Å². The highest BCUT2D eigenvalue weighted by Gasteiger charge is 2.07. The van der Waals surface area contributed by atoms with Crippen molar-refractivity contribution < 1.29 is 50.1 Å². The zero-order valence-corrected chi connectivity index (χ0v) is 21.8. The van der Waals surface area contributed by atoms with Crippen LogP contribution in [-0.2, 0) is 9.53 Å². The predicted molar refractivity (Wildman–Crippen MR) is 136 cm³/mol. The summed E-state index contributed by atoms with van der Waals surface area (Å²) >= 11 is 0. The number of carbonyl (C=O) groups excluding carboxylic acids is 1. The second-order valence-corrected chi connectivity index (χ2v) is 8.58. The van der Waals surface area contributed by atoms with Crippen LogP contribution in [0.2, 0.25) is 0 Å². The third-order valence-electron chi connectivity index (χ3n) is 5.05. The quantitative estimate of drug-likeness (QED) is 0.0635. The van der Waals surface area contributed by atoms with E-state index in [1.165, 1.54) is 83.5 Å². The fourth-order valence-electron chi connectivity index (χ4n) is 3.01. The third-order valence-corrected chi connectivity index (χ3v) is 5.05. The van der Waals surface area contributed by atoms with E-state index in [2.05, 4.69) is 6.92 Å². The number of esters is 1. The van der Waals surface area contributed by atoms with Crippen molar-refractivity contribution in [2.45, 2.75) is 122 Å². The Morgan fingerprint density at radius 2 is 0.943 bits per heavy atom. The molecule has 10 nitrogen and oxygen atoms in total. The maximum absolute atomic E-state index is 11.4. The zero-order valence-electron chi connectivity index (χ0n) is 21.8. The highest BCUT2D eigenvalue weighted by atomic mass is 16.5. The summed E-state index contributed by atoms with van der Waals surface area (Å²) in [5, 5.41) is 63.2. The molecule has 0 aliphatic carbocycles. The van der Waals surface area contributed by atoms with Gasteiger partial charge in [-0.05, 0) is 6.42 Å². The topological polar surface area (TPSA) is 188 Å². The maximum atomic E-state index is 11.4. The summed E-state index contributed by atoms with van der Waals surface area (Å²) in [5.41, 5.74) is 0. The molecule has 0 aliphatic heterocycles. The highest BCUT2D eigenvalue weighted by molar-refractivity contribution is 6.30. The first kappa shape index (κ1) is 38.7. The van der Waals surface area contributed by atoms with Gasteiger partial charge in [-0.15, -0.1) is 0 Å². The SMILES string of the molecule is CCCCCCCCCCCCCCCCCC(=O)OCC(O)CO.OB(O)O.OCC(O)CO. The van der Waals surface area contributed by atoms with Gasteiger partial charge in [0, 0.05) is 6.42 Å². The van der Waals surface area contributed by atoms with Gasteiger partial charge in [-0.3, -0.25) is 4.79 Å². The summed E-state index contributed by atoms with van der Waals surface area (Å²) in [6, 6.07) is 0. The van der Waals surface area contributed by atoms with E-state index in [0.717, 1.165) is 12.8 Å². The molecule has 0 bridgehead atoms. The van der Waals surface area contributed by atoms with Crippen LogP contribution in [-0.4, -0.2) is 92.5 Å². The van der Waals surface area contributed by atoms with Crippen LogP contribution in [0.4, 0.5) is 0 Å². The molecule has 0 rings (SSSR count). The summed E-state index contributed by atoms with van der Waals surface area (Å²) in [6.45, 7) is 1.06. The Morgan fingerprint density at radius 1 is 0.629 bits per heavy atom. The fourth-order valence-corrected chi connectivity index (χ4v) is 3.01. The van der Waals surface area contributed by atoms with Crippen molar-refractivity contribution >= 4 is 13.3 Å². The first-order chi connectivity index (χ1) is 16.7. The molecule has 0 fully saturated rings. The van der Waals surface area contributed by atoms with Crippen LogP contribution in [0.1, 0.15) is 110 Å². The highest BCUT2D eigenvalue weighted by Crippen LogP contribution is 2.13. The standard InChI is InChI=1S/C21H42O4.C3H8O3.BH3O3/c1-2-3-4-5-6-7-8-9-10-11-12-13-14-15-16-17-21(24)25-19-20(23)18-22;4-1-3(6)2-5;2-1(3)4/h20,22-23H,2-19H2,1H3;3-6H,1-2H2;2-4H. The van der Waals surface area contributed by atoms with Crippen LogP contribution in [0.25, 0.3) is 0 Å². The number of ether oxygens (including phenoxy) is 1. The Balaban J connectivity index is -0.000000854. The number of carbonyl (C=O) groups is 1. The summed E-state index contributed by atoms with van der Waals surface area (Å²) in [7, 11) is -2.17. The molecule has 1 atom stereocenters. The van der Waals surface area contributed by atoms with E-state index in [9.17, 15) is 4.79 Å². The normalized spacial score (nSPS) is 11.3. The van der Waals surface area contributed by atoms with Gasteiger partial charge in [0.25, 0.3) is 0 Å². The lowest BCUT2D eigenvalue weighted by molar-refractivity contribution is -0.147. The van der Waals surface area contributed by atoms with Crippen molar-refractivity contribution in [2.75, 3.05) is 26.4 Å². The van der Waals surface area contributed by atoms with E-state index in [-0.39, 0.29) is 32.4 Å². The van der Waals surface area contributed by atoms with Gasteiger partial charge >= 0.3 is 13.3 Å². The third kappa shape index (κ3) is 43.7. The van der Waals surface area contributed by atoms with Gasteiger partial charge in [0.2, 0.25) is 0 Å². The van der Waals surface area contributed by atoms with Crippen molar-refractivity contribution in [1.82, 2.24) is 0 Å². The van der Waals surface area contributed by atoms with Gasteiger partial charge in [0.1, 0.15) is 18.8 Å². The van der Waals surface area contributed by atoms with Gasteiger partial charge in [-0.1, -0.05) is 96.8 Å². The summed E-state index contributed by atoms with van der Waals surface area (Å²) in [6.07, 6.45) is 18.1. The van der Waals surface area contributed by atoms with Gasteiger partial charge in [-0.2, -0.15) is 0 Å². The Labute approximate surface area is 212 Å². The summed E-state index contributed by atoms with van der Waals surface area (Å²) in [4.78, 5) is 11.4. The molecule has 0 aliphatic rings. The predicted octanol–water partition coefficient (Wildman–Crippen LogP) is 1.42.